The Hall–Kier alpha value is -4.22. The Morgan fingerprint density at radius 2 is 1.62 bits per heavy atom. The fourth-order valence-corrected chi connectivity index (χ4v) is 4.89. The molecule has 0 saturated carbocycles. The van der Waals surface area contributed by atoms with Gasteiger partial charge in [0.25, 0.3) is 17.7 Å². The quantitative estimate of drug-likeness (QED) is 0.289. The predicted molar refractivity (Wildman–Crippen MR) is 136 cm³/mol. The summed E-state index contributed by atoms with van der Waals surface area (Å²) in [6.07, 6.45) is 0.735. The zero-order chi connectivity index (χ0) is 28.6. The first-order valence-corrected chi connectivity index (χ1v) is 12.8. The molecule has 8 nitrogen and oxygen atoms in total. The van der Waals surface area contributed by atoms with Gasteiger partial charge in [-0.15, -0.1) is 10.2 Å². The molecule has 1 aromatic carbocycles. The third-order valence-electron chi connectivity index (χ3n) is 6.91. The van der Waals surface area contributed by atoms with Crippen molar-refractivity contribution >= 4 is 5.91 Å². The van der Waals surface area contributed by atoms with Crippen molar-refractivity contribution < 1.29 is 26.8 Å². The molecule has 12 heteroatoms. The number of carbonyl (C=O) groups excluding carboxylic acids is 1. The number of benzene rings is 1. The number of pyridine rings is 1. The molecule has 0 unspecified atom stereocenters. The molecule has 3 aromatic heterocycles. The van der Waals surface area contributed by atoms with Crippen LogP contribution >= 0.6 is 0 Å². The maximum Gasteiger partial charge on any atom is 0.287 e. The normalized spacial score (nSPS) is 14.5. The van der Waals surface area contributed by atoms with Crippen LogP contribution < -0.4 is 0 Å². The number of amides is 1. The summed E-state index contributed by atoms with van der Waals surface area (Å²) < 4.78 is 61.5. The molecule has 0 atom stereocenters. The van der Waals surface area contributed by atoms with Crippen LogP contribution in [0.15, 0.2) is 40.8 Å². The smallest absolute Gasteiger partial charge is 0.287 e. The fourth-order valence-electron chi connectivity index (χ4n) is 4.89. The van der Waals surface area contributed by atoms with E-state index in [0.29, 0.717) is 48.7 Å². The highest BCUT2D eigenvalue weighted by atomic mass is 19.3. The van der Waals surface area contributed by atoms with Gasteiger partial charge < -0.3 is 9.32 Å². The Labute approximate surface area is 227 Å². The van der Waals surface area contributed by atoms with Crippen molar-refractivity contribution in [1.29, 1.82) is 0 Å². The van der Waals surface area contributed by atoms with Crippen LogP contribution in [0.4, 0.5) is 17.6 Å². The summed E-state index contributed by atoms with van der Waals surface area (Å²) in [5, 5.41) is 8.18. The lowest BCUT2D eigenvalue weighted by Gasteiger charge is -2.32. The first-order valence-electron chi connectivity index (χ1n) is 12.8. The predicted octanol–water partition coefficient (Wildman–Crippen LogP) is 5.54. The van der Waals surface area contributed by atoms with Crippen LogP contribution in [-0.4, -0.2) is 49.0 Å². The van der Waals surface area contributed by atoms with Crippen molar-refractivity contribution in [3.63, 3.8) is 0 Å². The van der Waals surface area contributed by atoms with E-state index in [1.807, 2.05) is 0 Å². The van der Waals surface area contributed by atoms with Gasteiger partial charge in [-0.05, 0) is 51.0 Å². The number of aryl methyl sites for hydroxylation is 2. The van der Waals surface area contributed by atoms with Crippen molar-refractivity contribution in [2.45, 2.75) is 51.9 Å². The summed E-state index contributed by atoms with van der Waals surface area (Å²) in [6, 6.07) is 7.70. The van der Waals surface area contributed by atoms with Crippen LogP contribution in [0.2, 0.25) is 0 Å². The lowest BCUT2D eigenvalue weighted by atomic mass is 9.89. The van der Waals surface area contributed by atoms with E-state index >= 15 is 0 Å². The molecular formula is C28H26F4N6O2. The minimum atomic E-state index is -3.13. The van der Waals surface area contributed by atoms with E-state index in [2.05, 4.69) is 25.1 Å². The van der Waals surface area contributed by atoms with Crippen LogP contribution in [0.25, 0.3) is 23.0 Å². The topological polar surface area (TPSA) is 97.9 Å². The van der Waals surface area contributed by atoms with Crippen LogP contribution in [-0.2, 0) is 17.1 Å². The van der Waals surface area contributed by atoms with E-state index in [-0.39, 0.29) is 41.3 Å². The zero-order valence-electron chi connectivity index (χ0n) is 22.1. The Kier molecular flexibility index (Phi) is 7.35. The van der Waals surface area contributed by atoms with Crippen LogP contribution in [0.3, 0.4) is 0 Å². The number of hydrogen-bond donors (Lipinski definition) is 0. The second-order valence-corrected chi connectivity index (χ2v) is 9.86. The molecule has 1 saturated heterocycles. The number of halogens is 4. The van der Waals surface area contributed by atoms with Gasteiger partial charge in [-0.1, -0.05) is 12.1 Å². The van der Waals surface area contributed by atoms with Crippen molar-refractivity contribution in [3.05, 3.63) is 76.5 Å². The maximum absolute atomic E-state index is 14.0. The highest BCUT2D eigenvalue weighted by Crippen LogP contribution is 2.36. The molecule has 40 heavy (non-hydrogen) atoms. The van der Waals surface area contributed by atoms with E-state index in [1.54, 1.807) is 18.7 Å². The monoisotopic (exact) mass is 554 g/mol. The van der Waals surface area contributed by atoms with Crippen LogP contribution in [0, 0.1) is 25.5 Å². The highest BCUT2D eigenvalue weighted by molar-refractivity contribution is 5.79. The largest absolute Gasteiger partial charge is 0.414 e. The molecule has 4 heterocycles. The highest BCUT2D eigenvalue weighted by Gasteiger charge is 2.31. The van der Waals surface area contributed by atoms with E-state index in [1.165, 1.54) is 24.3 Å². The van der Waals surface area contributed by atoms with Crippen molar-refractivity contribution in [1.82, 2.24) is 30.0 Å². The molecule has 0 radical (unpaired) electrons. The third-order valence-corrected chi connectivity index (χ3v) is 6.91. The number of hydrogen-bond acceptors (Lipinski definition) is 7. The van der Waals surface area contributed by atoms with E-state index < -0.39 is 23.3 Å². The van der Waals surface area contributed by atoms with Gasteiger partial charge in [0.1, 0.15) is 28.8 Å². The number of rotatable bonds is 6. The molecule has 0 bridgehead atoms. The average Bonchev–Trinajstić information content (AvgIpc) is 3.40. The minimum Gasteiger partial charge on any atom is -0.414 e. The molecular weight excluding hydrogens is 528 g/mol. The lowest BCUT2D eigenvalue weighted by molar-refractivity contribution is -0.131. The van der Waals surface area contributed by atoms with Crippen LogP contribution in [0.5, 0.6) is 0 Å². The molecule has 0 N–H and O–H groups in total. The molecule has 1 amide bonds. The summed E-state index contributed by atoms with van der Waals surface area (Å²) >= 11 is 0. The molecule has 0 spiro atoms. The lowest BCUT2D eigenvalue weighted by Crippen LogP contribution is -2.39. The number of aromatic nitrogens is 5. The van der Waals surface area contributed by atoms with Gasteiger partial charge in [-0.2, -0.15) is 8.78 Å². The van der Waals surface area contributed by atoms with E-state index in [4.69, 9.17) is 4.42 Å². The van der Waals surface area contributed by atoms with Crippen molar-refractivity contribution in [2.75, 3.05) is 13.1 Å². The third kappa shape index (κ3) is 5.56. The first kappa shape index (κ1) is 27.4. The molecule has 208 valence electrons. The summed E-state index contributed by atoms with van der Waals surface area (Å²) in [7, 11) is 0. The van der Waals surface area contributed by atoms with Gasteiger partial charge in [-0.3, -0.25) is 4.79 Å². The summed E-state index contributed by atoms with van der Waals surface area (Å²) in [5.41, 5.74) is 1.28. The molecule has 1 fully saturated rings. The van der Waals surface area contributed by atoms with E-state index in [0.717, 1.165) is 19.1 Å². The molecule has 0 aliphatic carbocycles. The number of carbonyl (C=O) groups is 1. The van der Waals surface area contributed by atoms with Gasteiger partial charge in [0.2, 0.25) is 5.91 Å². The van der Waals surface area contributed by atoms with Crippen molar-refractivity contribution in [2.24, 2.45) is 0 Å². The second kappa shape index (κ2) is 10.7. The Morgan fingerprint density at radius 3 is 2.30 bits per heavy atom. The first-order chi connectivity index (χ1) is 19.0. The van der Waals surface area contributed by atoms with Gasteiger partial charge in [0, 0.05) is 31.5 Å². The molecule has 1 aliphatic heterocycles. The van der Waals surface area contributed by atoms with E-state index in [9.17, 15) is 22.4 Å². The zero-order valence-corrected chi connectivity index (χ0v) is 22.1. The number of likely N-dealkylation sites (tertiary alicyclic amines) is 1. The summed E-state index contributed by atoms with van der Waals surface area (Å²) in [4.78, 5) is 27.5. The Bertz CT molecular complexity index is 1540. The van der Waals surface area contributed by atoms with Gasteiger partial charge in [0.05, 0.1) is 23.4 Å². The number of alkyl halides is 2. The molecule has 4 aromatic rings. The van der Waals surface area contributed by atoms with Gasteiger partial charge >= 0.3 is 0 Å². The summed E-state index contributed by atoms with van der Waals surface area (Å²) in [5.74, 6) is -4.41. The van der Waals surface area contributed by atoms with Gasteiger partial charge in [-0.25, -0.2) is 23.7 Å². The Morgan fingerprint density at radius 1 is 0.975 bits per heavy atom. The second-order valence-electron chi connectivity index (χ2n) is 9.86. The maximum atomic E-state index is 14.0. The number of piperidine rings is 1. The SMILES string of the molecule is Cc1nc(C)c(-c2nnc(-c3cccc(C(C)(F)F)n3)o2)c(C2CCN(C(=O)Cc3c(F)cccc3F)CC2)n1. The fraction of sp³-hybridized carbons (Fsp3) is 0.357. The molecule has 1 aliphatic rings. The van der Waals surface area contributed by atoms with Crippen LogP contribution in [0.1, 0.15) is 54.2 Å². The van der Waals surface area contributed by atoms with Crippen molar-refractivity contribution in [3.8, 4) is 23.0 Å². The summed E-state index contributed by atoms with van der Waals surface area (Å²) in [6.45, 7) is 5.06. The standard InChI is InChI=1S/C28H26F4N6O2/c1-15-24(27-37-36-26(40-27)21-8-5-9-22(35-21)28(3,31)32)25(34-16(2)33-15)17-10-12-38(13-11-17)23(39)14-18-19(29)6-4-7-20(18)30/h4-9,17H,10-14H2,1-3H3. The molecule has 5 rings (SSSR count). The number of nitrogens with zero attached hydrogens (tertiary/aromatic N) is 6. The van der Waals surface area contributed by atoms with Gasteiger partial charge in [0.15, 0.2) is 0 Å². The minimum absolute atomic E-state index is 0.0205. The Balaban J connectivity index is 1.37. The average molecular weight is 555 g/mol.